The molecule has 1 fully saturated rings. The molecule has 1 saturated heterocycles. The number of hydrogen-bond donors (Lipinski definition) is 1. The van der Waals surface area contributed by atoms with Gasteiger partial charge in [0.1, 0.15) is 5.82 Å². The third kappa shape index (κ3) is 3.29. The summed E-state index contributed by atoms with van der Waals surface area (Å²) in [6, 6.07) is 4.63. The van der Waals surface area contributed by atoms with Gasteiger partial charge in [0.05, 0.1) is 0 Å². The minimum Gasteiger partial charge on any atom is -0.349 e. The Morgan fingerprint density at radius 3 is 2.61 bits per heavy atom. The van der Waals surface area contributed by atoms with Crippen molar-refractivity contribution in [1.29, 1.82) is 0 Å². The van der Waals surface area contributed by atoms with Crippen LogP contribution in [0.25, 0.3) is 0 Å². The van der Waals surface area contributed by atoms with Gasteiger partial charge >= 0.3 is 0 Å². The second-order valence-electron chi connectivity index (χ2n) is 5.07. The van der Waals surface area contributed by atoms with Gasteiger partial charge in [0.15, 0.2) is 0 Å². The van der Waals surface area contributed by atoms with E-state index in [1.807, 2.05) is 0 Å². The summed E-state index contributed by atoms with van der Waals surface area (Å²) in [7, 11) is 2.08. The highest BCUT2D eigenvalue weighted by molar-refractivity contribution is 5.94. The van der Waals surface area contributed by atoms with Crippen molar-refractivity contribution >= 4 is 5.91 Å². The lowest BCUT2D eigenvalue weighted by molar-refractivity contribution is 0.0916. The summed E-state index contributed by atoms with van der Waals surface area (Å²) in [5, 5.41) is 2.98. The number of piperidine rings is 1. The highest BCUT2D eigenvalue weighted by Crippen LogP contribution is 2.12. The number of likely N-dealkylation sites (tertiary alicyclic amines) is 1. The monoisotopic (exact) mass is 250 g/mol. The Bertz CT molecular complexity index is 419. The van der Waals surface area contributed by atoms with Gasteiger partial charge in [0.25, 0.3) is 5.91 Å². The zero-order valence-corrected chi connectivity index (χ0v) is 10.9. The summed E-state index contributed by atoms with van der Waals surface area (Å²) < 4.78 is 13.2. The summed E-state index contributed by atoms with van der Waals surface area (Å²) in [5.74, 6) is -0.532. The number of halogens is 1. The van der Waals surface area contributed by atoms with Crippen LogP contribution in [0.1, 0.15) is 28.8 Å². The SMILES string of the molecule is Cc1cc(F)cc(C(=O)NC2CCN(C)CC2)c1. The first-order chi connectivity index (χ1) is 8.54. The number of carbonyl (C=O) groups excluding carboxylic acids is 1. The molecule has 1 aromatic carbocycles. The Labute approximate surface area is 107 Å². The van der Waals surface area contributed by atoms with E-state index in [0.717, 1.165) is 31.5 Å². The first-order valence-electron chi connectivity index (χ1n) is 6.31. The first-order valence-corrected chi connectivity index (χ1v) is 6.31. The quantitative estimate of drug-likeness (QED) is 0.870. The smallest absolute Gasteiger partial charge is 0.251 e. The van der Waals surface area contributed by atoms with Crippen molar-refractivity contribution in [2.75, 3.05) is 20.1 Å². The number of nitrogens with one attached hydrogen (secondary N) is 1. The Balaban J connectivity index is 1.99. The number of hydrogen-bond acceptors (Lipinski definition) is 2. The van der Waals surface area contributed by atoms with Crippen molar-refractivity contribution < 1.29 is 9.18 Å². The van der Waals surface area contributed by atoms with Crippen molar-refractivity contribution in [3.63, 3.8) is 0 Å². The molecule has 98 valence electrons. The van der Waals surface area contributed by atoms with E-state index in [9.17, 15) is 9.18 Å². The molecular weight excluding hydrogens is 231 g/mol. The summed E-state index contributed by atoms with van der Waals surface area (Å²) in [6.45, 7) is 3.77. The zero-order valence-electron chi connectivity index (χ0n) is 10.9. The molecule has 0 aromatic heterocycles. The third-order valence-electron chi connectivity index (χ3n) is 3.36. The average Bonchev–Trinajstić information content (AvgIpc) is 2.31. The van der Waals surface area contributed by atoms with Crippen LogP contribution < -0.4 is 5.32 Å². The molecule has 3 nitrogen and oxygen atoms in total. The van der Waals surface area contributed by atoms with Crippen molar-refractivity contribution in [2.45, 2.75) is 25.8 Å². The van der Waals surface area contributed by atoms with Crippen LogP contribution in [0, 0.1) is 12.7 Å². The Morgan fingerprint density at radius 2 is 2.00 bits per heavy atom. The molecule has 1 aliphatic heterocycles. The fourth-order valence-corrected chi connectivity index (χ4v) is 2.29. The molecule has 0 unspecified atom stereocenters. The van der Waals surface area contributed by atoms with Crippen molar-refractivity contribution in [3.05, 3.63) is 35.1 Å². The van der Waals surface area contributed by atoms with Gasteiger partial charge in [-0.05, 0) is 63.7 Å². The fraction of sp³-hybridized carbons (Fsp3) is 0.500. The summed E-state index contributed by atoms with van der Waals surface area (Å²) in [4.78, 5) is 14.3. The second-order valence-corrected chi connectivity index (χ2v) is 5.07. The predicted molar refractivity (Wildman–Crippen MR) is 69.1 cm³/mol. The molecule has 0 spiro atoms. The van der Waals surface area contributed by atoms with Crippen LogP contribution in [0.15, 0.2) is 18.2 Å². The highest BCUT2D eigenvalue weighted by atomic mass is 19.1. The maximum absolute atomic E-state index is 13.2. The van der Waals surface area contributed by atoms with Crippen LogP contribution in [-0.2, 0) is 0 Å². The van der Waals surface area contributed by atoms with Crippen molar-refractivity contribution in [3.8, 4) is 0 Å². The molecule has 1 heterocycles. The van der Waals surface area contributed by atoms with Crippen LogP contribution in [0.2, 0.25) is 0 Å². The van der Waals surface area contributed by atoms with Crippen LogP contribution in [-0.4, -0.2) is 37.0 Å². The normalized spacial score (nSPS) is 17.7. The summed E-state index contributed by atoms with van der Waals surface area (Å²) >= 11 is 0. The second kappa shape index (κ2) is 5.48. The maximum atomic E-state index is 13.2. The average molecular weight is 250 g/mol. The third-order valence-corrected chi connectivity index (χ3v) is 3.36. The molecule has 18 heavy (non-hydrogen) atoms. The minimum atomic E-state index is -0.358. The Hall–Kier alpha value is -1.42. The van der Waals surface area contributed by atoms with Gasteiger partial charge in [-0.2, -0.15) is 0 Å². The number of rotatable bonds is 2. The molecule has 1 N–H and O–H groups in total. The maximum Gasteiger partial charge on any atom is 0.251 e. The Kier molecular flexibility index (Phi) is 3.97. The number of amides is 1. The molecule has 0 bridgehead atoms. The van der Waals surface area contributed by atoms with Gasteiger partial charge in [0.2, 0.25) is 0 Å². The van der Waals surface area contributed by atoms with Gasteiger partial charge in [-0.1, -0.05) is 0 Å². The van der Waals surface area contributed by atoms with E-state index in [1.54, 1.807) is 13.0 Å². The van der Waals surface area contributed by atoms with Gasteiger partial charge in [-0.15, -0.1) is 0 Å². The van der Waals surface area contributed by atoms with Gasteiger partial charge in [-0.3, -0.25) is 4.79 Å². The Morgan fingerprint density at radius 1 is 1.33 bits per heavy atom. The van der Waals surface area contributed by atoms with Gasteiger partial charge in [-0.25, -0.2) is 4.39 Å². The first kappa shape index (κ1) is 13.0. The molecule has 4 heteroatoms. The van der Waals surface area contributed by atoms with E-state index >= 15 is 0 Å². The van der Waals surface area contributed by atoms with Crippen LogP contribution in [0.3, 0.4) is 0 Å². The molecule has 1 aliphatic rings. The molecule has 0 aliphatic carbocycles. The summed E-state index contributed by atoms with van der Waals surface area (Å²) in [6.07, 6.45) is 1.91. The fourth-order valence-electron chi connectivity index (χ4n) is 2.29. The highest BCUT2D eigenvalue weighted by Gasteiger charge is 2.19. The van der Waals surface area contributed by atoms with E-state index in [-0.39, 0.29) is 17.8 Å². The number of benzene rings is 1. The van der Waals surface area contributed by atoms with Gasteiger partial charge < -0.3 is 10.2 Å². The number of carbonyl (C=O) groups is 1. The number of nitrogens with zero attached hydrogens (tertiary/aromatic N) is 1. The van der Waals surface area contributed by atoms with E-state index < -0.39 is 0 Å². The standard InChI is InChI=1S/C14H19FN2O/c1-10-7-11(9-12(15)8-10)14(18)16-13-3-5-17(2)6-4-13/h7-9,13H,3-6H2,1-2H3,(H,16,18). The molecule has 1 aromatic rings. The minimum absolute atomic E-state index is 0.174. The van der Waals surface area contributed by atoms with E-state index in [0.29, 0.717) is 5.56 Å². The van der Waals surface area contributed by atoms with Crippen molar-refractivity contribution in [1.82, 2.24) is 10.2 Å². The molecule has 0 saturated carbocycles. The lowest BCUT2D eigenvalue weighted by Crippen LogP contribution is -2.43. The number of aryl methyl sites for hydroxylation is 1. The van der Waals surface area contributed by atoms with Crippen LogP contribution in [0.5, 0.6) is 0 Å². The zero-order chi connectivity index (χ0) is 13.1. The molecule has 2 rings (SSSR count). The largest absolute Gasteiger partial charge is 0.349 e. The topological polar surface area (TPSA) is 32.3 Å². The van der Waals surface area contributed by atoms with Crippen molar-refractivity contribution in [2.24, 2.45) is 0 Å². The van der Waals surface area contributed by atoms with Gasteiger partial charge in [0, 0.05) is 11.6 Å². The van der Waals surface area contributed by atoms with Crippen LogP contribution in [0.4, 0.5) is 4.39 Å². The van der Waals surface area contributed by atoms with E-state index in [4.69, 9.17) is 0 Å². The molecular formula is C14H19FN2O. The van der Waals surface area contributed by atoms with E-state index in [2.05, 4.69) is 17.3 Å². The predicted octanol–water partition coefficient (Wildman–Crippen LogP) is 1.96. The molecule has 0 radical (unpaired) electrons. The summed E-state index contributed by atoms with van der Waals surface area (Å²) in [5.41, 5.74) is 1.18. The van der Waals surface area contributed by atoms with E-state index in [1.165, 1.54) is 12.1 Å². The molecule has 0 atom stereocenters. The molecule has 1 amide bonds. The van der Waals surface area contributed by atoms with Crippen LogP contribution >= 0.6 is 0 Å². The lowest BCUT2D eigenvalue weighted by Gasteiger charge is -2.29. The lowest BCUT2D eigenvalue weighted by atomic mass is 10.0.